The average Bonchev–Trinajstić information content (AvgIpc) is 3.28. The summed E-state index contributed by atoms with van der Waals surface area (Å²) in [6.07, 6.45) is 4.51. The van der Waals surface area contributed by atoms with Crippen LogP contribution in [0, 0.1) is 0 Å². The van der Waals surface area contributed by atoms with Gasteiger partial charge in [-0.2, -0.15) is 4.98 Å². The lowest BCUT2D eigenvalue weighted by atomic mass is 10.1. The van der Waals surface area contributed by atoms with E-state index in [1.54, 1.807) is 7.05 Å². The van der Waals surface area contributed by atoms with Crippen molar-refractivity contribution in [1.29, 1.82) is 0 Å². The van der Waals surface area contributed by atoms with Crippen molar-refractivity contribution >= 4 is 47.4 Å². The first kappa shape index (κ1) is 24.2. The Balaban J connectivity index is 0.00000289. The van der Waals surface area contributed by atoms with Crippen LogP contribution in [0.25, 0.3) is 11.4 Å². The molecule has 0 saturated carbocycles. The molecule has 2 N–H and O–H groups in total. The summed E-state index contributed by atoms with van der Waals surface area (Å²) in [6, 6.07) is 13.8. The highest BCUT2D eigenvalue weighted by Gasteiger charge is 2.20. The van der Waals surface area contributed by atoms with Crippen molar-refractivity contribution in [2.45, 2.75) is 25.3 Å². The molecule has 4 rings (SSSR count). The third-order valence-corrected chi connectivity index (χ3v) is 5.45. The Bertz CT molecular complexity index is 1010. The summed E-state index contributed by atoms with van der Waals surface area (Å²) in [5.41, 5.74) is 0.838. The largest absolute Gasteiger partial charge is 0.356 e. The maximum absolute atomic E-state index is 6.03. The van der Waals surface area contributed by atoms with Gasteiger partial charge in [-0.1, -0.05) is 35.0 Å². The SMILES string of the molecule is CN=C(NCCc1nc(-c2cccc(Cl)c2)no1)NC1CCN(c2ccccn2)CC1.I. The molecule has 1 aromatic carbocycles. The molecule has 0 amide bonds. The van der Waals surface area contributed by atoms with E-state index in [1.807, 2.05) is 42.6 Å². The van der Waals surface area contributed by atoms with Crippen molar-refractivity contribution in [3.8, 4) is 11.4 Å². The molecule has 170 valence electrons. The molecular formula is C22H27ClIN7O. The van der Waals surface area contributed by atoms with Crippen molar-refractivity contribution in [3.05, 3.63) is 59.6 Å². The van der Waals surface area contributed by atoms with Crippen LogP contribution in [-0.4, -0.2) is 53.8 Å². The summed E-state index contributed by atoms with van der Waals surface area (Å²) in [5, 5.41) is 11.5. The van der Waals surface area contributed by atoms with Gasteiger partial charge in [0.1, 0.15) is 5.82 Å². The number of nitrogens with zero attached hydrogens (tertiary/aromatic N) is 5. The highest BCUT2D eigenvalue weighted by Crippen LogP contribution is 2.20. The minimum absolute atomic E-state index is 0. The molecule has 1 saturated heterocycles. The molecule has 0 unspecified atom stereocenters. The second-order valence-corrected chi connectivity index (χ2v) is 7.80. The first-order valence-electron chi connectivity index (χ1n) is 10.4. The molecule has 0 radical (unpaired) electrons. The van der Waals surface area contributed by atoms with Gasteiger partial charge in [0.2, 0.25) is 11.7 Å². The molecule has 2 aromatic heterocycles. The van der Waals surface area contributed by atoms with Crippen molar-refractivity contribution in [3.63, 3.8) is 0 Å². The second kappa shape index (κ2) is 12.0. The van der Waals surface area contributed by atoms with Crippen LogP contribution in [0.15, 0.2) is 58.2 Å². The number of guanidine groups is 1. The van der Waals surface area contributed by atoms with E-state index < -0.39 is 0 Å². The van der Waals surface area contributed by atoms with Gasteiger partial charge in [0.05, 0.1) is 0 Å². The third-order valence-electron chi connectivity index (χ3n) is 5.21. The zero-order chi connectivity index (χ0) is 21.5. The Hall–Kier alpha value is -2.40. The Morgan fingerprint density at radius 3 is 2.78 bits per heavy atom. The van der Waals surface area contributed by atoms with E-state index in [4.69, 9.17) is 16.1 Å². The van der Waals surface area contributed by atoms with Gasteiger partial charge in [0.15, 0.2) is 5.96 Å². The Labute approximate surface area is 209 Å². The van der Waals surface area contributed by atoms with Crippen molar-refractivity contribution in [1.82, 2.24) is 25.8 Å². The predicted octanol–water partition coefficient (Wildman–Crippen LogP) is 3.78. The van der Waals surface area contributed by atoms with Crippen LogP contribution in [0.2, 0.25) is 5.02 Å². The molecule has 1 aliphatic heterocycles. The first-order chi connectivity index (χ1) is 15.2. The smallest absolute Gasteiger partial charge is 0.228 e. The van der Waals surface area contributed by atoms with Gasteiger partial charge in [-0.05, 0) is 37.1 Å². The summed E-state index contributed by atoms with van der Waals surface area (Å²) >= 11 is 6.03. The lowest BCUT2D eigenvalue weighted by Gasteiger charge is -2.33. The van der Waals surface area contributed by atoms with E-state index in [1.165, 1.54) is 0 Å². The van der Waals surface area contributed by atoms with E-state index in [9.17, 15) is 0 Å². The maximum atomic E-state index is 6.03. The average molecular weight is 568 g/mol. The van der Waals surface area contributed by atoms with Gasteiger partial charge in [0, 0.05) is 55.9 Å². The molecular weight excluding hydrogens is 541 g/mol. The fraction of sp³-hybridized carbons (Fsp3) is 0.364. The summed E-state index contributed by atoms with van der Waals surface area (Å²) in [5.74, 6) is 2.94. The predicted molar refractivity (Wildman–Crippen MR) is 138 cm³/mol. The van der Waals surface area contributed by atoms with Crippen LogP contribution in [0.5, 0.6) is 0 Å². The van der Waals surface area contributed by atoms with Crippen LogP contribution in [0.3, 0.4) is 0 Å². The lowest BCUT2D eigenvalue weighted by Crippen LogP contribution is -2.49. The van der Waals surface area contributed by atoms with Gasteiger partial charge in [0.25, 0.3) is 0 Å². The first-order valence-corrected chi connectivity index (χ1v) is 10.8. The normalized spacial score (nSPS) is 14.7. The van der Waals surface area contributed by atoms with Gasteiger partial charge >= 0.3 is 0 Å². The van der Waals surface area contributed by atoms with E-state index in [0.29, 0.717) is 35.7 Å². The van der Waals surface area contributed by atoms with Gasteiger partial charge in [-0.25, -0.2) is 4.98 Å². The van der Waals surface area contributed by atoms with Crippen LogP contribution >= 0.6 is 35.6 Å². The standard InChI is InChI=1S/C22H26ClN7O.HI/c1-24-22(27-18-9-13-30(14-10-18)19-7-2-3-11-25-19)26-12-8-20-28-21(29-31-20)16-5-4-6-17(23)15-16;/h2-7,11,15,18H,8-10,12-14H2,1H3,(H2,24,26,27);1H. The van der Waals surface area contributed by atoms with Crippen molar-refractivity contribution in [2.75, 3.05) is 31.6 Å². The summed E-state index contributed by atoms with van der Waals surface area (Å²) < 4.78 is 5.36. The van der Waals surface area contributed by atoms with Gasteiger partial charge < -0.3 is 20.1 Å². The third kappa shape index (κ3) is 6.55. The number of nitrogens with one attached hydrogen (secondary N) is 2. The van der Waals surface area contributed by atoms with Crippen LogP contribution < -0.4 is 15.5 Å². The Morgan fingerprint density at radius 1 is 1.22 bits per heavy atom. The van der Waals surface area contributed by atoms with Crippen LogP contribution in [-0.2, 0) is 6.42 Å². The molecule has 10 heteroatoms. The summed E-state index contributed by atoms with van der Waals surface area (Å²) in [4.78, 5) is 15.6. The summed E-state index contributed by atoms with van der Waals surface area (Å²) in [7, 11) is 1.78. The quantitative estimate of drug-likeness (QED) is 0.266. The molecule has 8 nitrogen and oxygen atoms in total. The van der Waals surface area contributed by atoms with E-state index >= 15 is 0 Å². The van der Waals surface area contributed by atoms with Crippen molar-refractivity contribution in [2.24, 2.45) is 4.99 Å². The number of aliphatic imine (C=N–C) groups is 1. The number of aromatic nitrogens is 3. The van der Waals surface area contributed by atoms with Crippen molar-refractivity contribution < 1.29 is 4.52 Å². The number of anilines is 1. The molecule has 32 heavy (non-hydrogen) atoms. The molecule has 3 aromatic rings. The molecule has 1 aliphatic rings. The highest BCUT2D eigenvalue weighted by atomic mass is 127. The molecule has 0 aliphatic carbocycles. The number of pyridine rings is 1. The number of hydrogen-bond acceptors (Lipinski definition) is 6. The topological polar surface area (TPSA) is 91.5 Å². The number of hydrogen-bond donors (Lipinski definition) is 2. The highest BCUT2D eigenvalue weighted by molar-refractivity contribution is 14.0. The van der Waals surface area contributed by atoms with Crippen LogP contribution in [0.4, 0.5) is 5.82 Å². The molecule has 1 fully saturated rings. The zero-order valence-electron chi connectivity index (χ0n) is 17.9. The maximum Gasteiger partial charge on any atom is 0.228 e. The summed E-state index contributed by atoms with van der Waals surface area (Å²) in [6.45, 7) is 2.59. The number of benzene rings is 1. The van der Waals surface area contributed by atoms with Crippen LogP contribution in [0.1, 0.15) is 18.7 Å². The number of halogens is 2. The minimum atomic E-state index is 0. The fourth-order valence-corrected chi connectivity index (χ4v) is 3.76. The molecule has 0 bridgehead atoms. The number of rotatable bonds is 6. The fourth-order valence-electron chi connectivity index (χ4n) is 3.57. The molecule has 0 atom stereocenters. The van der Waals surface area contributed by atoms with Gasteiger partial charge in [-0.15, -0.1) is 24.0 Å². The van der Waals surface area contributed by atoms with Gasteiger partial charge in [-0.3, -0.25) is 4.99 Å². The monoisotopic (exact) mass is 567 g/mol. The Morgan fingerprint density at radius 2 is 2.06 bits per heavy atom. The Kier molecular flexibility index (Phi) is 9.10. The number of piperidine rings is 1. The zero-order valence-corrected chi connectivity index (χ0v) is 21.0. The molecule has 0 spiro atoms. The van der Waals surface area contributed by atoms with E-state index in [2.05, 4.69) is 41.7 Å². The lowest BCUT2D eigenvalue weighted by molar-refractivity contribution is 0.378. The van der Waals surface area contributed by atoms with E-state index in [-0.39, 0.29) is 24.0 Å². The van der Waals surface area contributed by atoms with E-state index in [0.717, 1.165) is 43.3 Å². The molecule has 3 heterocycles. The second-order valence-electron chi connectivity index (χ2n) is 7.36. The minimum Gasteiger partial charge on any atom is -0.356 e.